The highest BCUT2D eigenvalue weighted by Crippen LogP contribution is 2.21. The Morgan fingerprint density at radius 1 is 1.00 bits per heavy atom. The SMILES string of the molecule is c1ccc(SCCOc2ccc3[nH]ccc3c2)cc1. The van der Waals surface area contributed by atoms with E-state index in [2.05, 4.69) is 47.4 Å². The second-order valence-electron chi connectivity index (χ2n) is 4.24. The first kappa shape index (κ1) is 12.2. The molecule has 0 aliphatic rings. The van der Waals surface area contributed by atoms with Crippen molar-refractivity contribution in [1.29, 1.82) is 0 Å². The van der Waals surface area contributed by atoms with Gasteiger partial charge < -0.3 is 9.72 Å². The second kappa shape index (κ2) is 5.85. The van der Waals surface area contributed by atoms with Gasteiger partial charge in [0.05, 0.1) is 6.61 Å². The maximum atomic E-state index is 5.77. The van der Waals surface area contributed by atoms with Gasteiger partial charge in [-0.3, -0.25) is 0 Å². The molecule has 1 N–H and O–H groups in total. The van der Waals surface area contributed by atoms with Crippen LogP contribution in [0.15, 0.2) is 65.7 Å². The Hall–Kier alpha value is -1.87. The zero-order valence-corrected chi connectivity index (χ0v) is 11.3. The molecule has 3 rings (SSSR count). The van der Waals surface area contributed by atoms with E-state index >= 15 is 0 Å². The molecule has 0 unspecified atom stereocenters. The van der Waals surface area contributed by atoms with Gasteiger partial charge in [-0.25, -0.2) is 0 Å². The molecule has 0 atom stereocenters. The molecule has 2 aromatic carbocycles. The van der Waals surface area contributed by atoms with E-state index in [0.717, 1.165) is 23.6 Å². The van der Waals surface area contributed by atoms with Crippen molar-refractivity contribution in [3.05, 3.63) is 60.8 Å². The summed E-state index contributed by atoms with van der Waals surface area (Å²) in [5.41, 5.74) is 1.14. The first-order valence-corrected chi connectivity index (χ1v) is 7.28. The Labute approximate surface area is 116 Å². The Bertz CT molecular complexity index is 648. The Morgan fingerprint density at radius 2 is 1.89 bits per heavy atom. The van der Waals surface area contributed by atoms with E-state index in [1.54, 1.807) is 0 Å². The summed E-state index contributed by atoms with van der Waals surface area (Å²) in [7, 11) is 0. The lowest BCUT2D eigenvalue weighted by Gasteiger charge is -2.06. The minimum atomic E-state index is 0.718. The largest absolute Gasteiger partial charge is 0.493 e. The molecule has 0 fully saturated rings. The molecule has 0 radical (unpaired) electrons. The fraction of sp³-hybridized carbons (Fsp3) is 0.125. The summed E-state index contributed by atoms with van der Waals surface area (Å²) in [6.45, 7) is 0.718. The quantitative estimate of drug-likeness (QED) is 0.550. The zero-order chi connectivity index (χ0) is 12.9. The first-order chi connectivity index (χ1) is 9.42. The summed E-state index contributed by atoms with van der Waals surface area (Å²) < 4.78 is 5.77. The number of fused-ring (bicyclic) bond motifs is 1. The molecular formula is C16H15NOS. The molecule has 19 heavy (non-hydrogen) atoms. The number of hydrogen-bond acceptors (Lipinski definition) is 2. The van der Waals surface area contributed by atoms with Gasteiger partial charge in [0.15, 0.2) is 0 Å². The van der Waals surface area contributed by atoms with Crippen LogP contribution in [0.3, 0.4) is 0 Å². The second-order valence-corrected chi connectivity index (χ2v) is 5.41. The number of thioether (sulfide) groups is 1. The van der Waals surface area contributed by atoms with Crippen molar-refractivity contribution in [2.45, 2.75) is 4.90 Å². The Morgan fingerprint density at radius 3 is 2.79 bits per heavy atom. The maximum Gasteiger partial charge on any atom is 0.120 e. The molecule has 0 spiro atoms. The number of aromatic nitrogens is 1. The lowest BCUT2D eigenvalue weighted by Crippen LogP contribution is -1.99. The topological polar surface area (TPSA) is 25.0 Å². The molecule has 96 valence electrons. The van der Waals surface area contributed by atoms with Crippen LogP contribution in [0.5, 0.6) is 5.75 Å². The van der Waals surface area contributed by atoms with Crippen molar-refractivity contribution < 1.29 is 4.74 Å². The molecule has 1 heterocycles. The van der Waals surface area contributed by atoms with E-state index in [4.69, 9.17) is 4.74 Å². The number of aromatic amines is 1. The van der Waals surface area contributed by atoms with Crippen molar-refractivity contribution in [1.82, 2.24) is 4.98 Å². The molecule has 0 saturated heterocycles. The number of hydrogen-bond donors (Lipinski definition) is 1. The molecule has 2 nitrogen and oxygen atoms in total. The third kappa shape index (κ3) is 3.12. The number of nitrogens with one attached hydrogen (secondary N) is 1. The van der Waals surface area contributed by atoms with Crippen LogP contribution in [0.2, 0.25) is 0 Å². The molecule has 0 amide bonds. The molecule has 3 aromatic rings. The first-order valence-electron chi connectivity index (χ1n) is 6.29. The van der Waals surface area contributed by atoms with E-state index in [9.17, 15) is 0 Å². The van der Waals surface area contributed by atoms with E-state index in [0.29, 0.717) is 0 Å². The standard InChI is InChI=1S/C16H15NOS/c1-2-4-15(5-3-1)19-11-10-18-14-6-7-16-13(12-14)8-9-17-16/h1-9,12,17H,10-11H2. The molecule has 0 saturated carbocycles. The van der Waals surface area contributed by atoms with Crippen molar-refractivity contribution in [2.24, 2.45) is 0 Å². The van der Waals surface area contributed by atoms with Crippen LogP contribution in [0.25, 0.3) is 10.9 Å². The maximum absolute atomic E-state index is 5.77. The summed E-state index contributed by atoms with van der Waals surface area (Å²) in [5.74, 6) is 1.88. The molecule has 3 heteroatoms. The smallest absolute Gasteiger partial charge is 0.120 e. The van der Waals surface area contributed by atoms with E-state index in [1.807, 2.05) is 30.1 Å². The van der Waals surface area contributed by atoms with Crippen LogP contribution >= 0.6 is 11.8 Å². The van der Waals surface area contributed by atoms with E-state index in [1.165, 1.54) is 10.3 Å². The van der Waals surface area contributed by atoms with Gasteiger partial charge in [0.25, 0.3) is 0 Å². The lowest BCUT2D eigenvalue weighted by molar-refractivity contribution is 0.344. The average Bonchev–Trinajstić information content (AvgIpc) is 2.92. The van der Waals surface area contributed by atoms with Crippen LogP contribution in [0.4, 0.5) is 0 Å². The highest BCUT2D eigenvalue weighted by molar-refractivity contribution is 7.99. The van der Waals surface area contributed by atoms with Crippen molar-refractivity contribution in [3.63, 3.8) is 0 Å². The summed E-state index contributed by atoms with van der Waals surface area (Å²) in [4.78, 5) is 4.46. The average molecular weight is 269 g/mol. The van der Waals surface area contributed by atoms with Crippen LogP contribution in [0, 0.1) is 0 Å². The molecular weight excluding hydrogens is 254 g/mol. The highest BCUT2D eigenvalue weighted by Gasteiger charge is 1.98. The molecule has 0 bridgehead atoms. The van der Waals surface area contributed by atoms with Crippen molar-refractivity contribution in [3.8, 4) is 5.75 Å². The van der Waals surface area contributed by atoms with Crippen molar-refractivity contribution >= 4 is 22.7 Å². The number of benzene rings is 2. The van der Waals surface area contributed by atoms with Crippen molar-refractivity contribution in [2.75, 3.05) is 12.4 Å². The van der Waals surface area contributed by atoms with Crippen LogP contribution < -0.4 is 4.74 Å². The monoisotopic (exact) mass is 269 g/mol. The third-order valence-electron chi connectivity index (χ3n) is 2.89. The van der Waals surface area contributed by atoms with Gasteiger partial charge in [0, 0.05) is 27.7 Å². The number of H-pyrrole nitrogens is 1. The summed E-state index contributed by atoms with van der Waals surface area (Å²) in [6, 6.07) is 18.6. The van der Waals surface area contributed by atoms with E-state index < -0.39 is 0 Å². The van der Waals surface area contributed by atoms with E-state index in [-0.39, 0.29) is 0 Å². The van der Waals surface area contributed by atoms with Gasteiger partial charge in [-0.2, -0.15) is 0 Å². The molecule has 0 aliphatic heterocycles. The predicted molar refractivity (Wildman–Crippen MR) is 81.0 cm³/mol. The summed E-state index contributed by atoms with van der Waals surface area (Å²) >= 11 is 1.81. The van der Waals surface area contributed by atoms with Gasteiger partial charge in [-0.15, -0.1) is 11.8 Å². The van der Waals surface area contributed by atoms with Gasteiger partial charge in [-0.05, 0) is 36.4 Å². The normalized spacial score (nSPS) is 10.7. The minimum Gasteiger partial charge on any atom is -0.493 e. The molecule has 0 aliphatic carbocycles. The number of rotatable bonds is 5. The Kier molecular flexibility index (Phi) is 3.75. The molecule has 1 aromatic heterocycles. The van der Waals surface area contributed by atoms with Crippen LogP contribution in [-0.2, 0) is 0 Å². The minimum absolute atomic E-state index is 0.718. The predicted octanol–water partition coefficient (Wildman–Crippen LogP) is 4.34. The third-order valence-corrected chi connectivity index (χ3v) is 3.87. The lowest BCUT2D eigenvalue weighted by atomic mass is 10.2. The van der Waals surface area contributed by atoms with Gasteiger partial charge in [0.2, 0.25) is 0 Å². The Balaban J connectivity index is 1.52. The zero-order valence-electron chi connectivity index (χ0n) is 10.5. The van der Waals surface area contributed by atoms with Crippen LogP contribution in [0.1, 0.15) is 0 Å². The fourth-order valence-electron chi connectivity index (χ4n) is 1.96. The van der Waals surface area contributed by atoms with Crippen LogP contribution in [-0.4, -0.2) is 17.3 Å². The summed E-state index contributed by atoms with van der Waals surface area (Å²) in [6.07, 6.45) is 1.94. The highest BCUT2D eigenvalue weighted by atomic mass is 32.2. The van der Waals surface area contributed by atoms with Gasteiger partial charge in [0.1, 0.15) is 5.75 Å². The number of ether oxygens (including phenoxy) is 1. The fourth-order valence-corrected chi connectivity index (χ4v) is 2.71. The van der Waals surface area contributed by atoms with Gasteiger partial charge >= 0.3 is 0 Å². The summed E-state index contributed by atoms with van der Waals surface area (Å²) in [5, 5.41) is 1.19. The van der Waals surface area contributed by atoms with Gasteiger partial charge in [-0.1, -0.05) is 18.2 Å².